The molecule has 0 aromatic carbocycles. The highest BCUT2D eigenvalue weighted by atomic mass is 16.5. The van der Waals surface area contributed by atoms with Crippen LogP contribution in [0.1, 0.15) is 40.5 Å². The first kappa shape index (κ1) is 22.6. The molecule has 0 fully saturated rings. The van der Waals surface area contributed by atoms with Gasteiger partial charge in [0.1, 0.15) is 0 Å². The van der Waals surface area contributed by atoms with Crippen molar-refractivity contribution in [1.29, 1.82) is 0 Å². The van der Waals surface area contributed by atoms with Crippen LogP contribution in [0.5, 0.6) is 0 Å². The summed E-state index contributed by atoms with van der Waals surface area (Å²) >= 11 is 0. The first-order valence-corrected chi connectivity index (χ1v) is 7.26. The molecule has 6 heteroatoms. The van der Waals surface area contributed by atoms with Crippen molar-refractivity contribution in [3.8, 4) is 0 Å². The fraction of sp³-hybridized carbons (Fsp3) is 0.625. The second-order valence-corrected chi connectivity index (χ2v) is 4.37. The van der Waals surface area contributed by atoms with Crippen LogP contribution in [0.3, 0.4) is 0 Å². The Kier molecular flexibility index (Phi) is 16.2. The summed E-state index contributed by atoms with van der Waals surface area (Å²) in [5.74, 6) is -0.585. The van der Waals surface area contributed by atoms with Crippen molar-refractivity contribution in [1.82, 2.24) is 0 Å². The molecule has 22 heavy (non-hydrogen) atoms. The second kappa shape index (κ2) is 15.7. The SMILES string of the molecule is C/C=C(\C)C(=O)OCCCCOC(=O)/C(C)=C/C.OCCO. The average Bonchev–Trinajstić information content (AvgIpc) is 2.55. The number of ether oxygens (including phenoxy) is 2. The predicted octanol–water partition coefficient (Wildman–Crippen LogP) is 1.76. The van der Waals surface area contributed by atoms with Gasteiger partial charge in [-0.05, 0) is 40.5 Å². The Labute approximate surface area is 132 Å². The molecule has 0 aromatic heterocycles. The lowest BCUT2D eigenvalue weighted by atomic mass is 10.3. The van der Waals surface area contributed by atoms with E-state index in [0.29, 0.717) is 37.2 Å². The second-order valence-electron chi connectivity index (χ2n) is 4.37. The highest BCUT2D eigenvalue weighted by Gasteiger charge is 2.05. The van der Waals surface area contributed by atoms with Gasteiger partial charge in [0.15, 0.2) is 0 Å². The number of esters is 2. The number of rotatable bonds is 8. The number of aliphatic hydroxyl groups is 2. The summed E-state index contributed by atoms with van der Waals surface area (Å²) in [6.45, 7) is 7.46. The molecule has 0 bridgehead atoms. The Morgan fingerprint density at radius 3 is 1.36 bits per heavy atom. The van der Waals surface area contributed by atoms with Crippen LogP contribution in [0.2, 0.25) is 0 Å². The number of aliphatic hydroxyl groups excluding tert-OH is 2. The molecule has 0 spiro atoms. The van der Waals surface area contributed by atoms with Gasteiger partial charge in [-0.15, -0.1) is 0 Å². The zero-order chi connectivity index (χ0) is 17.4. The van der Waals surface area contributed by atoms with Gasteiger partial charge in [-0.25, -0.2) is 9.59 Å². The highest BCUT2D eigenvalue weighted by molar-refractivity contribution is 5.87. The van der Waals surface area contributed by atoms with Gasteiger partial charge < -0.3 is 19.7 Å². The van der Waals surface area contributed by atoms with Crippen molar-refractivity contribution in [3.63, 3.8) is 0 Å². The van der Waals surface area contributed by atoms with Gasteiger partial charge in [-0.1, -0.05) is 12.2 Å². The molecule has 0 unspecified atom stereocenters. The number of hydrogen-bond acceptors (Lipinski definition) is 6. The highest BCUT2D eigenvalue weighted by Crippen LogP contribution is 2.00. The van der Waals surface area contributed by atoms with Gasteiger partial charge >= 0.3 is 11.9 Å². The van der Waals surface area contributed by atoms with Crippen LogP contribution < -0.4 is 0 Å². The molecule has 0 aliphatic heterocycles. The zero-order valence-electron chi connectivity index (χ0n) is 13.9. The maximum atomic E-state index is 11.3. The predicted molar refractivity (Wildman–Crippen MR) is 84.2 cm³/mol. The first-order chi connectivity index (χ1) is 10.4. The van der Waals surface area contributed by atoms with E-state index in [1.165, 1.54) is 0 Å². The molecule has 0 atom stereocenters. The first-order valence-electron chi connectivity index (χ1n) is 7.26. The summed E-state index contributed by atoms with van der Waals surface area (Å²) in [4.78, 5) is 22.5. The van der Waals surface area contributed by atoms with Gasteiger partial charge in [-0.3, -0.25) is 0 Å². The lowest BCUT2D eigenvalue weighted by molar-refractivity contribution is -0.141. The van der Waals surface area contributed by atoms with E-state index in [1.807, 2.05) is 0 Å². The van der Waals surface area contributed by atoms with Crippen molar-refractivity contribution < 1.29 is 29.3 Å². The van der Waals surface area contributed by atoms with E-state index in [2.05, 4.69) is 0 Å². The van der Waals surface area contributed by atoms with Crippen LogP contribution in [-0.2, 0) is 19.1 Å². The number of allylic oxidation sites excluding steroid dienone is 2. The summed E-state index contributed by atoms with van der Waals surface area (Å²) in [5.41, 5.74) is 1.20. The minimum absolute atomic E-state index is 0.125. The fourth-order valence-corrected chi connectivity index (χ4v) is 0.997. The van der Waals surface area contributed by atoms with Crippen molar-refractivity contribution in [3.05, 3.63) is 23.3 Å². The molecule has 2 N–H and O–H groups in total. The Hall–Kier alpha value is -1.66. The molecule has 0 aromatic rings. The fourth-order valence-electron chi connectivity index (χ4n) is 0.997. The van der Waals surface area contributed by atoms with Gasteiger partial charge in [0.25, 0.3) is 0 Å². The normalized spacial score (nSPS) is 11.4. The monoisotopic (exact) mass is 316 g/mol. The van der Waals surface area contributed by atoms with Crippen LogP contribution in [0.4, 0.5) is 0 Å². The van der Waals surface area contributed by atoms with E-state index in [9.17, 15) is 9.59 Å². The van der Waals surface area contributed by atoms with Crippen LogP contribution in [-0.4, -0.2) is 48.6 Å². The third kappa shape index (κ3) is 13.3. The Balaban J connectivity index is 0. The molecule has 0 saturated carbocycles. The van der Waals surface area contributed by atoms with E-state index < -0.39 is 0 Å². The van der Waals surface area contributed by atoms with Crippen molar-refractivity contribution in [2.75, 3.05) is 26.4 Å². The third-order valence-electron chi connectivity index (χ3n) is 2.61. The Bertz CT molecular complexity index is 335. The molecule has 0 saturated heterocycles. The molecular formula is C16H28O6. The summed E-state index contributed by atoms with van der Waals surface area (Å²) in [5, 5.41) is 15.2. The number of carbonyl (C=O) groups excluding carboxylic acids is 2. The van der Waals surface area contributed by atoms with Crippen LogP contribution in [0, 0.1) is 0 Å². The molecule has 0 aliphatic carbocycles. The van der Waals surface area contributed by atoms with Gasteiger partial charge in [-0.2, -0.15) is 0 Å². The minimum Gasteiger partial charge on any atom is -0.462 e. The standard InChI is InChI=1S/C14H22O4.C2H6O2/c1-5-11(3)13(15)17-9-7-8-10-18-14(16)12(4)6-2;3-1-2-4/h5-6H,7-10H2,1-4H3;3-4H,1-2H2/b11-5+,12-6+;. The summed E-state index contributed by atoms with van der Waals surface area (Å²) < 4.78 is 10.0. The lowest BCUT2D eigenvalue weighted by Gasteiger charge is -2.06. The Morgan fingerprint density at radius 1 is 0.818 bits per heavy atom. The van der Waals surface area contributed by atoms with E-state index in [4.69, 9.17) is 19.7 Å². The topological polar surface area (TPSA) is 93.1 Å². The van der Waals surface area contributed by atoms with Gasteiger partial charge in [0.05, 0.1) is 26.4 Å². The zero-order valence-corrected chi connectivity index (χ0v) is 13.9. The number of unbranched alkanes of at least 4 members (excludes halogenated alkanes) is 1. The van der Waals surface area contributed by atoms with E-state index in [1.54, 1.807) is 39.8 Å². The smallest absolute Gasteiger partial charge is 0.333 e. The molecule has 0 amide bonds. The lowest BCUT2D eigenvalue weighted by Crippen LogP contribution is -2.09. The number of hydrogen-bond donors (Lipinski definition) is 2. The van der Waals surface area contributed by atoms with Crippen molar-refractivity contribution in [2.45, 2.75) is 40.5 Å². The van der Waals surface area contributed by atoms with E-state index in [0.717, 1.165) is 0 Å². The van der Waals surface area contributed by atoms with Crippen LogP contribution >= 0.6 is 0 Å². The maximum absolute atomic E-state index is 11.3. The van der Waals surface area contributed by atoms with Gasteiger partial charge in [0.2, 0.25) is 0 Å². The molecular weight excluding hydrogens is 288 g/mol. The quantitative estimate of drug-likeness (QED) is 0.403. The van der Waals surface area contributed by atoms with E-state index in [-0.39, 0.29) is 25.2 Å². The summed E-state index contributed by atoms with van der Waals surface area (Å²) in [6.07, 6.45) is 4.80. The van der Waals surface area contributed by atoms with Crippen LogP contribution in [0.15, 0.2) is 23.3 Å². The Morgan fingerprint density at radius 2 is 1.14 bits per heavy atom. The van der Waals surface area contributed by atoms with Crippen molar-refractivity contribution >= 4 is 11.9 Å². The summed E-state index contributed by atoms with van der Waals surface area (Å²) in [6, 6.07) is 0. The summed E-state index contributed by atoms with van der Waals surface area (Å²) in [7, 11) is 0. The minimum atomic E-state index is -0.292. The maximum Gasteiger partial charge on any atom is 0.333 e. The van der Waals surface area contributed by atoms with Crippen molar-refractivity contribution in [2.24, 2.45) is 0 Å². The van der Waals surface area contributed by atoms with Crippen LogP contribution in [0.25, 0.3) is 0 Å². The van der Waals surface area contributed by atoms with E-state index >= 15 is 0 Å². The molecule has 128 valence electrons. The molecule has 0 radical (unpaired) electrons. The average molecular weight is 316 g/mol. The molecule has 6 nitrogen and oxygen atoms in total. The number of carbonyl (C=O) groups is 2. The molecule has 0 heterocycles. The third-order valence-corrected chi connectivity index (χ3v) is 2.61. The van der Waals surface area contributed by atoms with Gasteiger partial charge in [0, 0.05) is 11.1 Å². The largest absolute Gasteiger partial charge is 0.462 e. The molecule has 0 aliphatic rings. The molecule has 0 rings (SSSR count).